The van der Waals surface area contributed by atoms with Crippen LogP contribution in [0.2, 0.25) is 5.02 Å². The van der Waals surface area contributed by atoms with Gasteiger partial charge in [-0.3, -0.25) is 0 Å². The molecule has 0 aliphatic carbocycles. The van der Waals surface area contributed by atoms with Crippen LogP contribution in [0.5, 0.6) is 0 Å². The summed E-state index contributed by atoms with van der Waals surface area (Å²) in [5.74, 6) is 0. The number of pyridine rings is 1. The van der Waals surface area contributed by atoms with Crippen LogP contribution in [0, 0.1) is 6.07 Å². The van der Waals surface area contributed by atoms with Crippen molar-refractivity contribution in [1.82, 2.24) is 4.98 Å². The zero-order chi connectivity index (χ0) is 11.1. The molecule has 6 heteroatoms. The number of fused-ring (bicyclic) bond motifs is 1. The molecule has 0 fully saturated rings. The zero-order valence-corrected chi connectivity index (χ0v) is 9.02. The third kappa shape index (κ3) is 2.70. The maximum absolute atomic E-state index is 12.3. The van der Waals surface area contributed by atoms with Gasteiger partial charge in [0, 0.05) is 5.02 Å². The summed E-state index contributed by atoms with van der Waals surface area (Å²) in [4.78, 5) is 3.47. The summed E-state index contributed by atoms with van der Waals surface area (Å²) in [6, 6.07) is 7.87. The predicted molar refractivity (Wildman–Crippen MR) is 50.6 cm³/mol. The average Bonchev–Trinajstić information content (AvgIpc) is 2.15. The normalized spacial score (nSPS) is 11.2. The second-order valence-corrected chi connectivity index (χ2v) is 3.38. The van der Waals surface area contributed by atoms with Gasteiger partial charge < -0.3 is 4.98 Å². The van der Waals surface area contributed by atoms with E-state index in [1.807, 2.05) is 0 Å². The van der Waals surface area contributed by atoms with E-state index < -0.39 is 11.9 Å². The van der Waals surface area contributed by atoms with Crippen molar-refractivity contribution in [2.75, 3.05) is 0 Å². The summed E-state index contributed by atoms with van der Waals surface area (Å²) in [6.45, 7) is 0. The molecule has 1 nitrogen and oxygen atoms in total. The molecule has 2 rings (SSSR count). The number of hydrogen-bond donors (Lipinski definition) is 0. The van der Waals surface area contributed by atoms with Crippen LogP contribution in [0.1, 0.15) is 5.69 Å². The Labute approximate surface area is 107 Å². The van der Waals surface area contributed by atoms with E-state index in [4.69, 9.17) is 11.6 Å². The molecule has 0 amide bonds. The number of nitrogens with zero attached hydrogens (tertiary/aromatic N) is 1. The third-order valence-electron chi connectivity index (χ3n) is 1.86. The molecule has 1 aromatic heterocycles. The van der Waals surface area contributed by atoms with Crippen LogP contribution in [-0.4, -0.2) is 4.98 Å². The molecule has 0 unspecified atom stereocenters. The molecule has 2 aromatic rings. The fourth-order valence-corrected chi connectivity index (χ4v) is 1.34. The van der Waals surface area contributed by atoms with E-state index in [0.29, 0.717) is 10.4 Å². The van der Waals surface area contributed by atoms with Crippen molar-refractivity contribution in [3.8, 4) is 0 Å². The molecule has 0 atom stereocenters. The van der Waals surface area contributed by atoms with Crippen molar-refractivity contribution >= 4 is 22.5 Å². The Morgan fingerprint density at radius 2 is 1.94 bits per heavy atom. The second kappa shape index (κ2) is 4.66. The second-order valence-electron chi connectivity index (χ2n) is 2.94. The van der Waals surface area contributed by atoms with Crippen molar-refractivity contribution in [3.05, 3.63) is 41.0 Å². The summed E-state index contributed by atoms with van der Waals surface area (Å²) in [6.07, 6.45) is -4.45. The van der Waals surface area contributed by atoms with Gasteiger partial charge in [-0.25, -0.2) is 0 Å². The Hall–Kier alpha value is -0.693. The Balaban J connectivity index is 0.00000128. The Morgan fingerprint density at radius 1 is 1.25 bits per heavy atom. The molecule has 0 bridgehead atoms. The molecule has 78 valence electrons. The van der Waals surface area contributed by atoms with Crippen LogP contribution in [0.15, 0.2) is 24.3 Å². The summed E-state index contributed by atoms with van der Waals surface area (Å²) in [5.41, 5.74) is -0.769. The first kappa shape index (κ1) is 13.4. The molecule has 0 radical (unpaired) electrons. The molecule has 0 saturated carbocycles. The van der Waals surface area contributed by atoms with E-state index in [0.717, 1.165) is 6.07 Å². The van der Waals surface area contributed by atoms with E-state index in [2.05, 4.69) is 11.1 Å². The van der Waals surface area contributed by atoms with Gasteiger partial charge in [-0.1, -0.05) is 23.7 Å². The SMILES string of the molecule is FC(F)(F)c1c[c-]c2ccc(Cl)cc2n1.[Li+]. The van der Waals surface area contributed by atoms with Crippen molar-refractivity contribution in [1.29, 1.82) is 0 Å². The van der Waals surface area contributed by atoms with Crippen LogP contribution in [0.3, 0.4) is 0 Å². The Kier molecular flexibility index (Phi) is 3.90. The summed E-state index contributed by atoms with van der Waals surface area (Å²) in [7, 11) is 0. The minimum absolute atomic E-state index is 0. The van der Waals surface area contributed by atoms with Gasteiger partial charge >= 0.3 is 25.0 Å². The molecule has 1 heterocycles. The van der Waals surface area contributed by atoms with Gasteiger partial charge in [-0.05, 0) is 5.52 Å². The number of benzene rings is 1. The van der Waals surface area contributed by atoms with Gasteiger partial charge in [0.1, 0.15) is 0 Å². The molecule has 0 saturated heterocycles. The van der Waals surface area contributed by atoms with Crippen LogP contribution < -0.4 is 18.9 Å². The molecule has 0 spiro atoms. The van der Waals surface area contributed by atoms with Crippen LogP contribution in [0.25, 0.3) is 10.9 Å². The zero-order valence-electron chi connectivity index (χ0n) is 8.27. The molecule has 0 aliphatic rings. The maximum atomic E-state index is 12.3. The minimum atomic E-state index is -4.45. The molecular weight excluding hydrogens is 234 g/mol. The number of alkyl halides is 3. The van der Waals surface area contributed by atoms with Crippen molar-refractivity contribution in [2.24, 2.45) is 0 Å². The van der Waals surface area contributed by atoms with Gasteiger partial charge in [-0.2, -0.15) is 13.2 Å². The average molecular weight is 238 g/mol. The van der Waals surface area contributed by atoms with E-state index >= 15 is 0 Å². The van der Waals surface area contributed by atoms with E-state index in [-0.39, 0.29) is 24.4 Å². The quantitative estimate of drug-likeness (QED) is 0.486. The van der Waals surface area contributed by atoms with Gasteiger partial charge in [0.2, 0.25) is 0 Å². The van der Waals surface area contributed by atoms with Crippen molar-refractivity contribution in [3.63, 3.8) is 0 Å². The maximum Gasteiger partial charge on any atom is 1.00 e. The molecule has 1 aromatic carbocycles. The van der Waals surface area contributed by atoms with Crippen LogP contribution in [-0.2, 0) is 6.18 Å². The summed E-state index contributed by atoms with van der Waals surface area (Å²) >= 11 is 5.65. The number of aromatic nitrogens is 1. The smallest absolute Gasteiger partial charge is 0.340 e. The minimum Gasteiger partial charge on any atom is -0.340 e. The first-order valence-electron chi connectivity index (χ1n) is 4.02. The van der Waals surface area contributed by atoms with E-state index in [9.17, 15) is 13.2 Å². The van der Waals surface area contributed by atoms with Gasteiger partial charge in [0.15, 0.2) is 0 Å². The first-order chi connectivity index (χ1) is 6.97. The Bertz CT molecular complexity index is 513. The topological polar surface area (TPSA) is 12.9 Å². The van der Waals surface area contributed by atoms with Crippen LogP contribution in [0.4, 0.5) is 13.2 Å². The van der Waals surface area contributed by atoms with Crippen molar-refractivity contribution in [2.45, 2.75) is 6.18 Å². The largest absolute Gasteiger partial charge is 1.00 e. The molecule has 0 aliphatic heterocycles. The fourth-order valence-electron chi connectivity index (χ4n) is 1.17. The van der Waals surface area contributed by atoms with Gasteiger partial charge in [0.05, 0.1) is 5.69 Å². The number of halogens is 4. The summed E-state index contributed by atoms with van der Waals surface area (Å²) < 4.78 is 36.9. The van der Waals surface area contributed by atoms with E-state index in [1.165, 1.54) is 6.07 Å². The van der Waals surface area contributed by atoms with Crippen molar-refractivity contribution < 1.29 is 32.0 Å². The molecule has 0 N–H and O–H groups in total. The molecular formula is C10H4ClF3LiN. The standard InChI is InChI=1S/C10H4ClF3N.Li/c11-7-3-1-6-2-4-9(10(12,13)14)15-8(6)5-7;/h1,3-5H;/q-1;+1. The van der Waals surface area contributed by atoms with E-state index in [1.54, 1.807) is 12.1 Å². The Morgan fingerprint density at radius 3 is 2.56 bits per heavy atom. The predicted octanol–water partition coefficient (Wildman–Crippen LogP) is 0.711. The number of rotatable bonds is 0. The summed E-state index contributed by atoms with van der Waals surface area (Å²) in [5, 5.41) is 0.857. The number of hydrogen-bond acceptors (Lipinski definition) is 1. The molecule has 16 heavy (non-hydrogen) atoms. The fraction of sp³-hybridized carbons (Fsp3) is 0.100. The first-order valence-corrected chi connectivity index (χ1v) is 4.40. The third-order valence-corrected chi connectivity index (χ3v) is 2.09. The van der Waals surface area contributed by atoms with Gasteiger partial charge in [-0.15, -0.1) is 23.6 Å². The van der Waals surface area contributed by atoms with Crippen LogP contribution >= 0.6 is 11.6 Å². The monoisotopic (exact) mass is 237 g/mol. The van der Waals surface area contributed by atoms with Gasteiger partial charge in [0.25, 0.3) is 0 Å².